The van der Waals surface area contributed by atoms with Gasteiger partial charge in [-0.05, 0) is 88.8 Å². The van der Waals surface area contributed by atoms with E-state index in [4.69, 9.17) is 4.74 Å². The first-order valence-electron chi connectivity index (χ1n) is 12.1. The molecule has 1 saturated carbocycles. The van der Waals surface area contributed by atoms with E-state index in [1.807, 2.05) is 32.9 Å². The molecule has 1 saturated heterocycles. The van der Waals surface area contributed by atoms with E-state index < -0.39 is 11.6 Å². The van der Waals surface area contributed by atoms with Crippen molar-refractivity contribution < 1.29 is 23.9 Å². The van der Waals surface area contributed by atoms with Gasteiger partial charge in [-0.15, -0.1) is 0 Å². The van der Waals surface area contributed by atoms with Crippen LogP contribution in [0.1, 0.15) is 87.2 Å². The van der Waals surface area contributed by atoms with Gasteiger partial charge in [-0.25, -0.2) is 0 Å². The van der Waals surface area contributed by atoms with E-state index in [1.54, 1.807) is 4.90 Å². The molecule has 1 unspecified atom stereocenters. The Morgan fingerprint density at radius 3 is 2.48 bits per heavy atom. The minimum absolute atomic E-state index is 0.00106. The fourth-order valence-corrected chi connectivity index (χ4v) is 5.32. The van der Waals surface area contributed by atoms with Crippen LogP contribution in [0.3, 0.4) is 0 Å². The highest BCUT2D eigenvalue weighted by Crippen LogP contribution is 2.35. The van der Waals surface area contributed by atoms with Crippen molar-refractivity contribution in [3.8, 4) is 0 Å². The van der Waals surface area contributed by atoms with Crippen molar-refractivity contribution >= 4 is 23.7 Å². The molecule has 0 bridgehead atoms. The molecule has 0 aromatic heterocycles. The molecule has 2 aliphatic heterocycles. The average molecular weight is 455 g/mol. The zero-order valence-corrected chi connectivity index (χ0v) is 19.8. The van der Waals surface area contributed by atoms with Gasteiger partial charge in [0.15, 0.2) is 0 Å². The lowest BCUT2D eigenvalue weighted by molar-refractivity contribution is -0.161. The van der Waals surface area contributed by atoms with Crippen LogP contribution in [-0.2, 0) is 32.1 Å². The molecular formula is C26H34N2O5. The molecule has 1 aromatic carbocycles. The maximum Gasteiger partial charge on any atom is 0.309 e. The molecule has 1 aromatic rings. The number of fused-ring (bicyclic) bond motifs is 1. The topological polar surface area (TPSA) is 92.8 Å². The quantitative estimate of drug-likeness (QED) is 0.543. The fourth-order valence-electron chi connectivity index (χ4n) is 5.32. The van der Waals surface area contributed by atoms with Crippen LogP contribution in [-0.4, -0.2) is 40.2 Å². The van der Waals surface area contributed by atoms with Crippen molar-refractivity contribution in [2.45, 2.75) is 90.3 Å². The normalized spacial score (nSPS) is 25.6. The number of hydrogen-bond donors (Lipinski definition) is 1. The summed E-state index contributed by atoms with van der Waals surface area (Å²) in [5.41, 5.74) is 2.39. The Hall–Kier alpha value is -2.70. The van der Waals surface area contributed by atoms with Gasteiger partial charge in [0.25, 0.3) is 5.91 Å². The number of ether oxygens (including phenoxy) is 1. The first-order valence-corrected chi connectivity index (χ1v) is 12.1. The molecule has 0 spiro atoms. The smallest absolute Gasteiger partial charge is 0.309 e. The van der Waals surface area contributed by atoms with Crippen LogP contribution < -0.4 is 5.32 Å². The van der Waals surface area contributed by atoms with Gasteiger partial charge in [0, 0.05) is 18.5 Å². The first-order chi connectivity index (χ1) is 15.6. The van der Waals surface area contributed by atoms with Crippen LogP contribution in [0.25, 0.3) is 0 Å². The summed E-state index contributed by atoms with van der Waals surface area (Å²) in [7, 11) is 0. The van der Waals surface area contributed by atoms with Gasteiger partial charge < -0.3 is 9.64 Å². The fraction of sp³-hybridized carbons (Fsp3) is 0.615. The minimum Gasteiger partial charge on any atom is -0.460 e. The van der Waals surface area contributed by atoms with Crippen molar-refractivity contribution in [3.63, 3.8) is 0 Å². The molecule has 178 valence electrons. The molecule has 0 radical (unpaired) electrons. The molecule has 7 nitrogen and oxygen atoms in total. The van der Waals surface area contributed by atoms with Crippen LogP contribution in [0, 0.1) is 11.8 Å². The van der Waals surface area contributed by atoms with E-state index in [0.717, 1.165) is 49.7 Å². The average Bonchev–Trinajstić information content (AvgIpc) is 3.08. The zero-order chi connectivity index (χ0) is 23.8. The van der Waals surface area contributed by atoms with Gasteiger partial charge in [-0.2, -0.15) is 0 Å². The van der Waals surface area contributed by atoms with Crippen LogP contribution in [0.5, 0.6) is 0 Å². The number of esters is 1. The maximum absolute atomic E-state index is 13.0. The lowest BCUT2D eigenvalue weighted by Crippen LogP contribution is -2.52. The highest BCUT2D eigenvalue weighted by molar-refractivity contribution is 6.05. The third-order valence-corrected chi connectivity index (χ3v) is 7.09. The molecule has 1 atom stereocenters. The number of carbonyl (C=O) groups is 4. The molecule has 3 amide bonds. The van der Waals surface area contributed by atoms with Crippen molar-refractivity contribution in [3.05, 3.63) is 34.9 Å². The van der Waals surface area contributed by atoms with Crippen LogP contribution in [0.2, 0.25) is 0 Å². The zero-order valence-electron chi connectivity index (χ0n) is 19.8. The number of piperidine rings is 1. The molecule has 4 rings (SSSR count). The van der Waals surface area contributed by atoms with E-state index in [9.17, 15) is 19.2 Å². The van der Waals surface area contributed by atoms with Gasteiger partial charge in [0.1, 0.15) is 11.6 Å². The number of aryl methyl sites for hydroxylation is 1. The lowest BCUT2D eigenvalue weighted by Gasteiger charge is -2.30. The predicted octanol–water partition coefficient (Wildman–Crippen LogP) is 3.53. The standard InChI is InChI=1S/C26H34N2O5/c1-26(2,3)33-25(32)18-11-8-16(9-12-18)7-10-17-5-4-6-19-20(17)15-28(24(19)31)21-13-14-22(29)27-23(21)30/h4-6,16,18,21H,7-15H2,1-3H3,(H,27,29,30). The maximum atomic E-state index is 13.0. The van der Waals surface area contributed by atoms with Crippen LogP contribution >= 0.6 is 0 Å². The van der Waals surface area contributed by atoms with E-state index in [1.165, 1.54) is 0 Å². The monoisotopic (exact) mass is 454 g/mol. The second-order valence-electron chi connectivity index (χ2n) is 10.6. The number of amides is 3. The number of nitrogens with zero attached hydrogens (tertiary/aromatic N) is 1. The van der Waals surface area contributed by atoms with Gasteiger partial charge in [0.2, 0.25) is 11.8 Å². The van der Waals surface area contributed by atoms with Crippen molar-refractivity contribution in [2.75, 3.05) is 0 Å². The molecular weight excluding hydrogens is 420 g/mol. The summed E-state index contributed by atoms with van der Waals surface area (Å²) < 4.78 is 5.55. The number of imide groups is 1. The summed E-state index contributed by atoms with van der Waals surface area (Å²) in [4.78, 5) is 50.7. The number of nitrogens with one attached hydrogen (secondary N) is 1. The van der Waals surface area contributed by atoms with Crippen LogP contribution in [0.4, 0.5) is 0 Å². The van der Waals surface area contributed by atoms with E-state index in [0.29, 0.717) is 24.4 Å². The Bertz CT molecular complexity index is 956. The highest BCUT2D eigenvalue weighted by atomic mass is 16.6. The summed E-state index contributed by atoms with van der Waals surface area (Å²) in [5.74, 6) is -0.296. The molecule has 3 aliphatic rings. The summed E-state index contributed by atoms with van der Waals surface area (Å²) in [6.45, 7) is 6.13. The Morgan fingerprint density at radius 2 is 1.82 bits per heavy atom. The molecule has 1 N–H and O–H groups in total. The lowest BCUT2D eigenvalue weighted by atomic mass is 9.79. The molecule has 1 aliphatic carbocycles. The van der Waals surface area contributed by atoms with Crippen molar-refractivity contribution in [1.82, 2.24) is 10.2 Å². The summed E-state index contributed by atoms with van der Waals surface area (Å²) >= 11 is 0. The van der Waals surface area contributed by atoms with Gasteiger partial charge >= 0.3 is 5.97 Å². The van der Waals surface area contributed by atoms with Crippen LogP contribution in [0.15, 0.2) is 18.2 Å². The molecule has 2 heterocycles. The summed E-state index contributed by atoms with van der Waals surface area (Å²) in [5, 5.41) is 2.36. The Labute approximate surface area is 195 Å². The number of carbonyl (C=O) groups excluding carboxylic acids is 4. The number of rotatable bonds is 5. The molecule has 2 fully saturated rings. The van der Waals surface area contributed by atoms with Gasteiger partial charge in [0.05, 0.1) is 5.92 Å². The number of hydrogen-bond acceptors (Lipinski definition) is 5. The minimum atomic E-state index is -0.585. The first kappa shape index (κ1) is 23.5. The van der Waals surface area contributed by atoms with Crippen molar-refractivity contribution in [2.24, 2.45) is 11.8 Å². The molecule has 33 heavy (non-hydrogen) atoms. The van der Waals surface area contributed by atoms with E-state index in [-0.39, 0.29) is 36.0 Å². The second kappa shape index (κ2) is 9.27. The largest absolute Gasteiger partial charge is 0.460 e. The predicted molar refractivity (Wildman–Crippen MR) is 122 cm³/mol. The molecule has 7 heteroatoms. The third-order valence-electron chi connectivity index (χ3n) is 7.09. The summed E-state index contributed by atoms with van der Waals surface area (Å²) in [6, 6.07) is 5.24. The second-order valence-corrected chi connectivity index (χ2v) is 10.6. The highest BCUT2D eigenvalue weighted by Gasteiger charge is 2.39. The Morgan fingerprint density at radius 1 is 1.09 bits per heavy atom. The van der Waals surface area contributed by atoms with Crippen molar-refractivity contribution in [1.29, 1.82) is 0 Å². The Kier molecular flexibility index (Phi) is 6.59. The van der Waals surface area contributed by atoms with E-state index >= 15 is 0 Å². The van der Waals surface area contributed by atoms with E-state index in [2.05, 4.69) is 11.4 Å². The number of benzene rings is 1. The SMILES string of the molecule is CC(C)(C)OC(=O)C1CCC(CCc2cccc3c2CN(C2CCC(=O)NC2=O)C3=O)CC1. The summed E-state index contributed by atoms with van der Waals surface area (Å²) in [6.07, 6.45) is 6.30. The van der Waals surface area contributed by atoms with Gasteiger partial charge in [-0.3, -0.25) is 24.5 Å². The third kappa shape index (κ3) is 5.28. The van der Waals surface area contributed by atoms with Gasteiger partial charge in [-0.1, -0.05) is 12.1 Å². The Balaban J connectivity index is 1.34.